The van der Waals surface area contributed by atoms with Crippen LogP contribution >= 0.6 is 23.9 Å². The number of hydrogen-bond acceptors (Lipinski definition) is 6. The first kappa shape index (κ1) is 10.8. The Morgan fingerprint density at radius 2 is 2.18 bits per heavy atom. The zero-order chi connectivity index (χ0) is 8.91. The Morgan fingerprint density at radius 1 is 1.64 bits per heavy atom. The van der Waals surface area contributed by atoms with E-state index < -0.39 is 23.3 Å². The normalized spacial score (nSPS) is 11.3. The average molecular weight is 211 g/mol. The number of rotatable bonds is 4. The molecular formula is C2HClF2O5S. The first-order chi connectivity index (χ1) is 5.04. The summed E-state index contributed by atoms with van der Waals surface area (Å²) in [4.78, 5) is 10.00. The van der Waals surface area contributed by atoms with Gasteiger partial charge in [-0.05, 0) is 0 Å². The zero-order valence-corrected chi connectivity index (χ0v) is 6.19. The van der Waals surface area contributed by atoms with Crippen LogP contribution in [-0.2, 0) is 18.5 Å². The fraction of sp³-hybridized carbons (Fsp3) is 0.500. The van der Waals surface area contributed by atoms with Crippen LogP contribution in [0.25, 0.3) is 0 Å². The number of halogens is 3. The molecule has 0 aliphatic heterocycles. The highest BCUT2D eigenvalue weighted by molar-refractivity contribution is 7.96. The highest BCUT2D eigenvalue weighted by atomic mass is 35.5. The van der Waals surface area contributed by atoms with Crippen LogP contribution in [0.3, 0.4) is 0 Å². The van der Waals surface area contributed by atoms with Crippen molar-refractivity contribution in [2.75, 3.05) is 0 Å². The lowest BCUT2D eigenvalue weighted by Crippen LogP contribution is -2.24. The molecule has 0 radical (unpaired) electrons. The number of carbonyl (C=O) groups excluding carboxylic acids is 1. The van der Waals surface area contributed by atoms with Gasteiger partial charge in [0.2, 0.25) is 0 Å². The van der Waals surface area contributed by atoms with Crippen LogP contribution in [0, 0.1) is 0 Å². The molecule has 66 valence electrons. The van der Waals surface area contributed by atoms with Crippen molar-refractivity contribution < 1.29 is 32.5 Å². The van der Waals surface area contributed by atoms with Gasteiger partial charge in [-0.2, -0.15) is 8.78 Å². The van der Waals surface area contributed by atoms with Crippen LogP contribution < -0.4 is 0 Å². The minimum atomic E-state index is -4.02. The Hall–Kier alpha value is -0.150. The van der Waals surface area contributed by atoms with E-state index in [4.69, 9.17) is 5.26 Å². The van der Waals surface area contributed by atoms with Gasteiger partial charge in [-0.3, -0.25) is 0 Å². The van der Waals surface area contributed by atoms with Crippen LogP contribution in [0.5, 0.6) is 0 Å². The Labute approximate surface area is 68.4 Å². The summed E-state index contributed by atoms with van der Waals surface area (Å²) in [5.41, 5.74) is 0. The molecular weight excluding hydrogens is 210 g/mol. The molecule has 0 amide bonds. The number of alkyl halides is 2. The second-order valence-electron chi connectivity index (χ2n) is 1.11. The third-order valence-electron chi connectivity index (χ3n) is 0.477. The molecule has 11 heavy (non-hydrogen) atoms. The number of hydrogen-bond donors (Lipinski definition) is 1. The molecule has 0 saturated carbocycles. The van der Waals surface area contributed by atoms with Gasteiger partial charge in [0.05, 0.1) is 0 Å². The molecule has 5 nitrogen and oxygen atoms in total. The molecule has 0 atom stereocenters. The van der Waals surface area contributed by atoms with Gasteiger partial charge in [0, 0.05) is 0 Å². The monoisotopic (exact) mass is 210 g/mol. The summed E-state index contributed by atoms with van der Waals surface area (Å²) in [6.45, 7) is 0. The maximum Gasteiger partial charge on any atom is 0.417 e. The molecule has 0 bridgehead atoms. The summed E-state index contributed by atoms with van der Waals surface area (Å²) in [7, 11) is 0. The molecule has 0 aliphatic rings. The first-order valence-corrected chi connectivity index (χ1v) is 2.96. The SMILES string of the molecule is O=C(OCl)C(F)(F)SOOO. The van der Waals surface area contributed by atoms with Gasteiger partial charge >= 0.3 is 11.2 Å². The second-order valence-corrected chi connectivity index (χ2v) is 2.08. The van der Waals surface area contributed by atoms with Gasteiger partial charge in [0.15, 0.2) is 0 Å². The van der Waals surface area contributed by atoms with Crippen LogP contribution in [0.2, 0.25) is 0 Å². The van der Waals surface area contributed by atoms with Crippen molar-refractivity contribution in [2.24, 2.45) is 0 Å². The van der Waals surface area contributed by atoms with Crippen molar-refractivity contribution in [3.05, 3.63) is 0 Å². The maximum absolute atomic E-state index is 12.1. The molecule has 0 aliphatic carbocycles. The average Bonchev–Trinajstić information content (AvgIpc) is 1.99. The van der Waals surface area contributed by atoms with Crippen molar-refractivity contribution in [3.63, 3.8) is 0 Å². The molecule has 1 N–H and O–H groups in total. The highest BCUT2D eigenvalue weighted by Crippen LogP contribution is 2.31. The summed E-state index contributed by atoms with van der Waals surface area (Å²) < 4.78 is 30.6. The Morgan fingerprint density at radius 3 is 2.55 bits per heavy atom. The quantitative estimate of drug-likeness (QED) is 0.429. The van der Waals surface area contributed by atoms with E-state index in [1.165, 1.54) is 0 Å². The molecule has 0 fully saturated rings. The summed E-state index contributed by atoms with van der Waals surface area (Å²) in [5.74, 6) is -2.03. The van der Waals surface area contributed by atoms with Crippen molar-refractivity contribution in [1.82, 2.24) is 0 Å². The fourth-order valence-electron chi connectivity index (χ4n) is 0.137. The predicted molar refractivity (Wildman–Crippen MR) is 29.3 cm³/mol. The molecule has 0 unspecified atom stereocenters. The highest BCUT2D eigenvalue weighted by Gasteiger charge is 2.44. The van der Waals surface area contributed by atoms with E-state index in [-0.39, 0.29) is 0 Å². The lowest BCUT2D eigenvalue weighted by Gasteiger charge is -2.07. The van der Waals surface area contributed by atoms with Gasteiger partial charge in [0.25, 0.3) is 0 Å². The second kappa shape index (κ2) is 4.67. The minimum absolute atomic E-state index is 0.753. The molecule has 9 heteroatoms. The van der Waals surface area contributed by atoms with Crippen molar-refractivity contribution in [2.45, 2.75) is 5.25 Å². The summed E-state index contributed by atoms with van der Waals surface area (Å²) in [6, 6.07) is 0. The molecule has 0 rings (SSSR count). The molecule has 0 saturated heterocycles. The van der Waals surface area contributed by atoms with E-state index in [0.717, 1.165) is 0 Å². The van der Waals surface area contributed by atoms with E-state index in [0.29, 0.717) is 0 Å². The van der Waals surface area contributed by atoms with Gasteiger partial charge in [0.1, 0.15) is 23.9 Å². The van der Waals surface area contributed by atoms with E-state index in [9.17, 15) is 13.6 Å². The first-order valence-electron chi connectivity index (χ1n) is 1.91. The summed E-state index contributed by atoms with van der Waals surface area (Å²) in [5, 5.41) is 6.20. The van der Waals surface area contributed by atoms with E-state index in [1.54, 1.807) is 0 Å². The van der Waals surface area contributed by atoms with E-state index in [1.807, 2.05) is 0 Å². The molecule has 0 aromatic carbocycles. The van der Waals surface area contributed by atoms with Crippen molar-refractivity contribution >= 4 is 29.9 Å². The smallest absolute Gasteiger partial charge is 0.341 e. The molecule has 0 aromatic rings. The van der Waals surface area contributed by atoms with Crippen LogP contribution in [0.1, 0.15) is 0 Å². The van der Waals surface area contributed by atoms with E-state index >= 15 is 0 Å². The maximum atomic E-state index is 12.1. The lowest BCUT2D eigenvalue weighted by atomic mass is 10.7. The fourth-order valence-corrected chi connectivity index (χ4v) is 0.505. The van der Waals surface area contributed by atoms with Gasteiger partial charge in [-0.25, -0.2) is 10.1 Å². The zero-order valence-electron chi connectivity index (χ0n) is 4.62. The van der Waals surface area contributed by atoms with Crippen molar-refractivity contribution in [1.29, 1.82) is 0 Å². The largest absolute Gasteiger partial charge is 0.417 e. The summed E-state index contributed by atoms with van der Waals surface area (Å²) >= 11 is 3.56. The van der Waals surface area contributed by atoms with Crippen LogP contribution in [0.15, 0.2) is 0 Å². The van der Waals surface area contributed by atoms with Gasteiger partial charge in [-0.15, -0.1) is 4.33 Å². The predicted octanol–water partition coefficient (Wildman–Crippen LogP) is 1.35. The third-order valence-corrected chi connectivity index (χ3v) is 1.12. The lowest BCUT2D eigenvalue weighted by molar-refractivity contribution is -0.433. The Balaban J connectivity index is 3.88. The molecule has 0 aromatic heterocycles. The third kappa shape index (κ3) is 3.68. The molecule has 0 heterocycles. The van der Waals surface area contributed by atoms with Gasteiger partial charge in [-0.1, -0.05) is 5.04 Å². The summed E-state index contributed by atoms with van der Waals surface area (Å²) in [6.07, 6.45) is 0. The topological polar surface area (TPSA) is 65.0 Å². The van der Waals surface area contributed by atoms with Crippen molar-refractivity contribution in [3.8, 4) is 0 Å². The Kier molecular flexibility index (Phi) is 4.61. The van der Waals surface area contributed by atoms with Crippen LogP contribution in [0.4, 0.5) is 8.78 Å². The van der Waals surface area contributed by atoms with E-state index in [2.05, 4.69) is 25.5 Å². The standard InChI is InChI=1S/C2HClF2O5S/c3-8-1(6)2(4,5)11-10-9-7/h7H. The van der Waals surface area contributed by atoms with Gasteiger partial charge < -0.3 is 4.29 Å². The molecule has 0 spiro atoms. The minimum Gasteiger partial charge on any atom is -0.341 e. The van der Waals surface area contributed by atoms with Crippen LogP contribution in [-0.4, -0.2) is 16.5 Å². The Bertz CT molecular complexity index is 142. The number of carbonyl (C=O) groups is 1.